The normalized spacial score (nSPS) is 14.9. The highest BCUT2D eigenvalue weighted by Gasteiger charge is 2.20. The van der Waals surface area contributed by atoms with Crippen molar-refractivity contribution in [3.8, 4) is 0 Å². The van der Waals surface area contributed by atoms with Gasteiger partial charge < -0.3 is 20.4 Å². The number of carbonyl (C=O) groups excluding carboxylic acids is 1. The van der Waals surface area contributed by atoms with Gasteiger partial charge in [0, 0.05) is 52.2 Å². The van der Waals surface area contributed by atoms with E-state index < -0.39 is 0 Å². The van der Waals surface area contributed by atoms with Crippen molar-refractivity contribution in [1.29, 1.82) is 0 Å². The number of guanidine groups is 1. The summed E-state index contributed by atoms with van der Waals surface area (Å²) in [5.41, 5.74) is 7.18. The lowest BCUT2D eigenvalue weighted by atomic mass is 10.2. The van der Waals surface area contributed by atoms with Crippen LogP contribution in [0.5, 0.6) is 0 Å². The molecule has 0 atom stereocenters. The number of aliphatic imine (C=N–C) groups is 1. The summed E-state index contributed by atoms with van der Waals surface area (Å²) >= 11 is 0. The number of amides is 1. The van der Waals surface area contributed by atoms with E-state index in [-0.39, 0.29) is 12.5 Å². The molecule has 1 aromatic carbocycles. The van der Waals surface area contributed by atoms with Gasteiger partial charge in [0.05, 0.1) is 0 Å². The molecule has 142 valence electrons. The zero-order valence-corrected chi connectivity index (χ0v) is 15.5. The van der Waals surface area contributed by atoms with Gasteiger partial charge in [-0.25, -0.2) is 15.0 Å². The number of benzene rings is 1. The maximum atomic E-state index is 12.3. The zero-order valence-electron chi connectivity index (χ0n) is 15.5. The third-order valence-corrected chi connectivity index (χ3v) is 4.50. The Balaban J connectivity index is 1.47. The topological polar surface area (TPSA) is 91.0 Å². The van der Waals surface area contributed by atoms with E-state index in [0.717, 1.165) is 37.7 Å². The van der Waals surface area contributed by atoms with E-state index in [2.05, 4.69) is 19.9 Å². The molecular weight excluding hydrogens is 342 g/mol. The highest BCUT2D eigenvalue weighted by atomic mass is 16.2. The molecule has 8 heteroatoms. The van der Waals surface area contributed by atoms with Gasteiger partial charge in [0.2, 0.25) is 11.9 Å². The molecule has 1 amide bonds. The van der Waals surface area contributed by atoms with Crippen LogP contribution in [-0.4, -0.2) is 71.4 Å². The lowest BCUT2D eigenvalue weighted by Gasteiger charge is -2.35. The fourth-order valence-electron chi connectivity index (χ4n) is 2.90. The van der Waals surface area contributed by atoms with Gasteiger partial charge in [0.1, 0.15) is 6.54 Å². The Morgan fingerprint density at radius 3 is 2.44 bits per heavy atom. The van der Waals surface area contributed by atoms with Crippen molar-refractivity contribution >= 4 is 17.8 Å². The van der Waals surface area contributed by atoms with Crippen molar-refractivity contribution in [3.63, 3.8) is 0 Å². The number of likely N-dealkylation sites (N-methyl/N-ethyl adjacent to an activating group) is 1. The molecule has 0 aliphatic carbocycles. The molecule has 2 heterocycles. The van der Waals surface area contributed by atoms with Crippen LogP contribution in [0.1, 0.15) is 5.56 Å². The van der Waals surface area contributed by atoms with Gasteiger partial charge in [-0.2, -0.15) is 0 Å². The molecule has 1 fully saturated rings. The standard InChI is InChI=1S/C19H25N7O/c1-24(15-16-6-3-2-4-7-16)17(27)14-23-18(20)25-10-12-26(13-11-25)19-21-8-5-9-22-19/h2-9H,10-15H2,1H3,(H2,20,23). The van der Waals surface area contributed by atoms with Crippen LogP contribution in [0.25, 0.3) is 0 Å². The van der Waals surface area contributed by atoms with Crippen molar-refractivity contribution in [2.45, 2.75) is 6.54 Å². The lowest BCUT2D eigenvalue weighted by molar-refractivity contribution is -0.128. The van der Waals surface area contributed by atoms with Gasteiger partial charge in [0.25, 0.3) is 0 Å². The van der Waals surface area contributed by atoms with Crippen LogP contribution in [0, 0.1) is 0 Å². The SMILES string of the molecule is CN(Cc1ccccc1)C(=O)CN=C(N)N1CCN(c2ncccn2)CC1. The average molecular weight is 367 g/mol. The van der Waals surface area contributed by atoms with E-state index in [1.165, 1.54) is 0 Å². The molecule has 1 saturated heterocycles. The maximum absolute atomic E-state index is 12.3. The molecule has 2 aromatic rings. The quantitative estimate of drug-likeness (QED) is 0.614. The molecule has 0 spiro atoms. The first-order valence-corrected chi connectivity index (χ1v) is 8.98. The maximum Gasteiger partial charge on any atom is 0.244 e. The van der Waals surface area contributed by atoms with E-state index in [9.17, 15) is 4.79 Å². The summed E-state index contributed by atoms with van der Waals surface area (Å²) in [6.45, 7) is 3.59. The fourth-order valence-corrected chi connectivity index (χ4v) is 2.90. The van der Waals surface area contributed by atoms with Crippen LogP contribution >= 0.6 is 0 Å². The van der Waals surface area contributed by atoms with Gasteiger partial charge >= 0.3 is 0 Å². The van der Waals surface area contributed by atoms with Crippen LogP contribution in [0.4, 0.5) is 5.95 Å². The highest BCUT2D eigenvalue weighted by molar-refractivity contribution is 5.84. The first-order chi connectivity index (χ1) is 13.1. The van der Waals surface area contributed by atoms with Crippen molar-refractivity contribution in [2.24, 2.45) is 10.7 Å². The number of hydrogen-bond donors (Lipinski definition) is 1. The van der Waals surface area contributed by atoms with E-state index in [4.69, 9.17) is 5.73 Å². The molecule has 0 saturated carbocycles. The summed E-state index contributed by atoms with van der Waals surface area (Å²) in [4.78, 5) is 30.9. The Hall–Kier alpha value is -3.16. The number of nitrogens with zero attached hydrogens (tertiary/aromatic N) is 6. The molecular formula is C19H25N7O. The molecule has 0 radical (unpaired) electrons. The molecule has 1 aliphatic heterocycles. The Morgan fingerprint density at radius 1 is 1.11 bits per heavy atom. The van der Waals surface area contributed by atoms with E-state index in [1.54, 1.807) is 30.4 Å². The van der Waals surface area contributed by atoms with Crippen LogP contribution in [0.3, 0.4) is 0 Å². The molecule has 8 nitrogen and oxygen atoms in total. The monoisotopic (exact) mass is 367 g/mol. The van der Waals surface area contributed by atoms with Crippen molar-refractivity contribution in [2.75, 3.05) is 44.7 Å². The summed E-state index contributed by atoms with van der Waals surface area (Å²) in [5, 5.41) is 0. The number of aromatic nitrogens is 2. The second-order valence-corrected chi connectivity index (χ2v) is 6.43. The molecule has 2 N–H and O–H groups in total. The van der Waals surface area contributed by atoms with Crippen molar-refractivity contribution in [1.82, 2.24) is 19.8 Å². The number of rotatable bonds is 5. The first kappa shape index (κ1) is 18.6. The number of anilines is 1. The van der Waals surface area contributed by atoms with Crippen LogP contribution < -0.4 is 10.6 Å². The zero-order chi connectivity index (χ0) is 19.1. The second kappa shape index (κ2) is 8.98. The summed E-state index contributed by atoms with van der Waals surface area (Å²) in [6.07, 6.45) is 3.48. The van der Waals surface area contributed by atoms with Gasteiger partial charge in [-0.1, -0.05) is 30.3 Å². The summed E-state index contributed by atoms with van der Waals surface area (Å²) < 4.78 is 0. The van der Waals surface area contributed by atoms with Crippen LogP contribution in [-0.2, 0) is 11.3 Å². The second-order valence-electron chi connectivity index (χ2n) is 6.43. The van der Waals surface area contributed by atoms with E-state index >= 15 is 0 Å². The average Bonchev–Trinajstić information content (AvgIpc) is 2.73. The van der Waals surface area contributed by atoms with Gasteiger partial charge in [0.15, 0.2) is 5.96 Å². The van der Waals surface area contributed by atoms with Gasteiger partial charge in [-0.15, -0.1) is 0 Å². The third kappa shape index (κ3) is 5.16. The van der Waals surface area contributed by atoms with E-state index in [1.807, 2.05) is 35.2 Å². The Kier molecular flexibility index (Phi) is 6.19. The summed E-state index contributed by atoms with van der Waals surface area (Å²) in [7, 11) is 1.78. The number of carbonyl (C=O) groups is 1. The predicted octanol–water partition coefficient (Wildman–Crippen LogP) is 0.572. The number of nitrogens with two attached hydrogens (primary N) is 1. The summed E-state index contributed by atoms with van der Waals surface area (Å²) in [6, 6.07) is 11.7. The van der Waals surface area contributed by atoms with Gasteiger partial charge in [-0.3, -0.25) is 4.79 Å². The summed E-state index contributed by atoms with van der Waals surface area (Å²) in [5.74, 6) is 1.08. The molecule has 1 aromatic heterocycles. The van der Waals surface area contributed by atoms with Crippen LogP contribution in [0.15, 0.2) is 53.8 Å². The van der Waals surface area contributed by atoms with Crippen molar-refractivity contribution in [3.05, 3.63) is 54.4 Å². The van der Waals surface area contributed by atoms with Crippen molar-refractivity contribution < 1.29 is 4.79 Å². The Morgan fingerprint density at radius 2 is 1.78 bits per heavy atom. The third-order valence-electron chi connectivity index (χ3n) is 4.50. The molecule has 3 rings (SSSR count). The predicted molar refractivity (Wildman–Crippen MR) is 105 cm³/mol. The number of piperazine rings is 1. The molecule has 0 unspecified atom stereocenters. The van der Waals surface area contributed by atoms with E-state index in [0.29, 0.717) is 12.5 Å². The highest BCUT2D eigenvalue weighted by Crippen LogP contribution is 2.09. The molecule has 0 bridgehead atoms. The number of hydrogen-bond acceptors (Lipinski definition) is 5. The van der Waals surface area contributed by atoms with Crippen LogP contribution in [0.2, 0.25) is 0 Å². The lowest BCUT2D eigenvalue weighted by Crippen LogP contribution is -2.51. The Bertz CT molecular complexity index is 758. The fraction of sp³-hybridized carbons (Fsp3) is 0.368. The first-order valence-electron chi connectivity index (χ1n) is 8.98. The molecule has 1 aliphatic rings. The van der Waals surface area contributed by atoms with Gasteiger partial charge in [-0.05, 0) is 11.6 Å². The molecule has 27 heavy (non-hydrogen) atoms. The minimum Gasteiger partial charge on any atom is -0.370 e. The largest absolute Gasteiger partial charge is 0.370 e. The minimum absolute atomic E-state index is 0.0528. The smallest absolute Gasteiger partial charge is 0.244 e. The minimum atomic E-state index is -0.0573. The Labute approximate surface area is 159 Å².